The van der Waals surface area contributed by atoms with Crippen molar-refractivity contribution in [2.24, 2.45) is 10.2 Å². The molecule has 0 aliphatic heterocycles. The Morgan fingerprint density at radius 1 is 0.750 bits per heavy atom. The first-order valence-corrected chi connectivity index (χ1v) is 9.67. The molecule has 0 fully saturated rings. The third kappa shape index (κ3) is 5.86. The van der Waals surface area contributed by atoms with E-state index in [1.165, 1.54) is 0 Å². The van der Waals surface area contributed by atoms with Gasteiger partial charge in [-0.25, -0.2) is 8.42 Å². The number of unbranched alkanes of at least 4 members (excludes halogenated alkanes) is 3. The van der Waals surface area contributed by atoms with E-state index in [2.05, 4.69) is 10.2 Å². The molecule has 0 bridgehead atoms. The molecule has 0 unspecified atom stereocenters. The van der Waals surface area contributed by atoms with Gasteiger partial charge in [0.2, 0.25) is 0 Å². The summed E-state index contributed by atoms with van der Waals surface area (Å²) in [6, 6.07) is 15.8. The summed E-state index contributed by atoms with van der Waals surface area (Å²) in [7, 11) is -3.27. The van der Waals surface area contributed by atoms with E-state index in [9.17, 15) is 8.42 Å². The molecule has 5 nitrogen and oxygen atoms in total. The number of aliphatic hydroxyl groups excluding tert-OH is 1. The summed E-state index contributed by atoms with van der Waals surface area (Å²) in [4.78, 5) is 0.309. The highest BCUT2D eigenvalue weighted by Crippen LogP contribution is 2.21. The van der Waals surface area contributed by atoms with Gasteiger partial charge < -0.3 is 5.11 Å². The average molecular weight is 346 g/mol. The van der Waals surface area contributed by atoms with Crippen molar-refractivity contribution in [3.05, 3.63) is 54.6 Å². The molecule has 1 N–H and O–H groups in total. The van der Waals surface area contributed by atoms with Crippen LogP contribution in [0.5, 0.6) is 0 Å². The highest BCUT2D eigenvalue weighted by Gasteiger charge is 2.13. The van der Waals surface area contributed by atoms with Crippen molar-refractivity contribution in [2.75, 3.05) is 12.4 Å². The number of benzene rings is 2. The van der Waals surface area contributed by atoms with Gasteiger partial charge in [0.05, 0.1) is 22.0 Å². The Morgan fingerprint density at radius 2 is 1.33 bits per heavy atom. The summed E-state index contributed by atoms with van der Waals surface area (Å²) < 4.78 is 24.5. The van der Waals surface area contributed by atoms with Crippen molar-refractivity contribution in [3.63, 3.8) is 0 Å². The minimum Gasteiger partial charge on any atom is -0.396 e. The maximum Gasteiger partial charge on any atom is 0.178 e. The van der Waals surface area contributed by atoms with E-state index in [-0.39, 0.29) is 12.4 Å². The molecule has 24 heavy (non-hydrogen) atoms. The van der Waals surface area contributed by atoms with E-state index in [1.54, 1.807) is 24.3 Å². The highest BCUT2D eigenvalue weighted by molar-refractivity contribution is 7.91. The fourth-order valence-electron chi connectivity index (χ4n) is 2.21. The predicted molar refractivity (Wildman–Crippen MR) is 94.7 cm³/mol. The molecule has 0 aliphatic rings. The van der Waals surface area contributed by atoms with Gasteiger partial charge >= 0.3 is 0 Å². The van der Waals surface area contributed by atoms with E-state index in [1.807, 2.05) is 30.3 Å². The molecule has 0 heterocycles. The number of rotatable bonds is 9. The first-order valence-electron chi connectivity index (χ1n) is 8.02. The van der Waals surface area contributed by atoms with Crippen LogP contribution in [-0.2, 0) is 9.84 Å². The van der Waals surface area contributed by atoms with Crippen molar-refractivity contribution >= 4 is 21.2 Å². The Hall–Kier alpha value is -2.05. The predicted octanol–water partition coefficient (Wildman–Crippen LogP) is 4.43. The van der Waals surface area contributed by atoms with Gasteiger partial charge in [-0.2, -0.15) is 10.2 Å². The summed E-state index contributed by atoms with van der Waals surface area (Å²) >= 11 is 0. The first kappa shape index (κ1) is 18.3. The Labute approximate surface area is 143 Å². The Bertz CT molecular complexity index is 742. The van der Waals surface area contributed by atoms with Crippen LogP contribution in [0.2, 0.25) is 0 Å². The molecule has 0 aliphatic carbocycles. The highest BCUT2D eigenvalue weighted by atomic mass is 32.2. The monoisotopic (exact) mass is 346 g/mol. The number of nitrogens with zero attached hydrogens (tertiary/aromatic N) is 2. The Kier molecular flexibility index (Phi) is 7.08. The SMILES string of the molecule is O=S(=O)(CCCCCCO)c1ccc(N=Nc2ccccc2)cc1. The molecule has 128 valence electrons. The van der Waals surface area contributed by atoms with E-state index >= 15 is 0 Å². The molecule has 2 rings (SSSR count). The zero-order valence-corrected chi connectivity index (χ0v) is 14.3. The van der Waals surface area contributed by atoms with E-state index in [4.69, 9.17) is 5.11 Å². The standard InChI is InChI=1S/C18H22N2O3S/c21-14-6-1-2-7-15-24(22,23)18-12-10-17(11-13-18)20-19-16-8-4-3-5-9-16/h3-5,8-13,21H,1-2,6-7,14-15H2. The van der Waals surface area contributed by atoms with Crippen LogP contribution in [0.25, 0.3) is 0 Å². The van der Waals surface area contributed by atoms with Crippen LogP contribution in [0.15, 0.2) is 69.7 Å². The molecule has 0 aromatic heterocycles. The molecule has 0 radical (unpaired) electrons. The maximum absolute atomic E-state index is 12.3. The quantitative estimate of drug-likeness (QED) is 0.539. The third-order valence-corrected chi connectivity index (χ3v) is 5.37. The zero-order chi connectivity index (χ0) is 17.3. The summed E-state index contributed by atoms with van der Waals surface area (Å²) in [5, 5.41) is 16.9. The van der Waals surface area contributed by atoms with Crippen LogP contribution in [0, 0.1) is 0 Å². The maximum atomic E-state index is 12.3. The van der Waals surface area contributed by atoms with Crippen molar-refractivity contribution in [2.45, 2.75) is 30.6 Å². The molecule has 0 amide bonds. The second-order valence-corrected chi connectivity index (χ2v) is 7.60. The molecular weight excluding hydrogens is 324 g/mol. The van der Waals surface area contributed by atoms with Gasteiger partial charge in [-0.1, -0.05) is 31.0 Å². The summed E-state index contributed by atoms with van der Waals surface area (Å²) in [6.07, 6.45) is 2.99. The lowest BCUT2D eigenvalue weighted by Gasteiger charge is -2.04. The van der Waals surface area contributed by atoms with Gasteiger partial charge in [-0.3, -0.25) is 0 Å². The van der Waals surface area contributed by atoms with E-state index in [0.29, 0.717) is 17.0 Å². The number of azo groups is 1. The minimum absolute atomic E-state index is 0.128. The Balaban J connectivity index is 1.94. The molecule has 0 spiro atoms. The van der Waals surface area contributed by atoms with Crippen LogP contribution in [0.1, 0.15) is 25.7 Å². The largest absolute Gasteiger partial charge is 0.396 e. The minimum atomic E-state index is -3.27. The normalized spacial score (nSPS) is 11.9. The first-order chi connectivity index (χ1) is 11.6. The second-order valence-electron chi connectivity index (χ2n) is 5.49. The zero-order valence-electron chi connectivity index (χ0n) is 13.5. The van der Waals surface area contributed by atoms with Gasteiger partial charge in [0.15, 0.2) is 9.84 Å². The summed E-state index contributed by atoms with van der Waals surface area (Å²) in [5.74, 6) is 0.128. The van der Waals surface area contributed by atoms with Gasteiger partial charge in [0.25, 0.3) is 0 Å². The van der Waals surface area contributed by atoms with E-state index in [0.717, 1.165) is 24.9 Å². The van der Waals surface area contributed by atoms with E-state index < -0.39 is 9.84 Å². The van der Waals surface area contributed by atoms with Crippen molar-refractivity contribution < 1.29 is 13.5 Å². The molecule has 0 saturated carbocycles. The lowest BCUT2D eigenvalue weighted by Crippen LogP contribution is -2.06. The number of hydrogen-bond donors (Lipinski definition) is 1. The van der Waals surface area contributed by atoms with Gasteiger partial charge in [0.1, 0.15) is 0 Å². The second kappa shape index (κ2) is 9.30. The lowest BCUT2D eigenvalue weighted by atomic mass is 10.2. The van der Waals surface area contributed by atoms with Crippen molar-refractivity contribution in [3.8, 4) is 0 Å². The molecular formula is C18H22N2O3S. The molecule has 6 heteroatoms. The van der Waals surface area contributed by atoms with Crippen molar-refractivity contribution in [1.29, 1.82) is 0 Å². The molecule has 0 saturated heterocycles. The molecule has 2 aromatic carbocycles. The van der Waals surface area contributed by atoms with Crippen LogP contribution in [0.3, 0.4) is 0 Å². The lowest BCUT2D eigenvalue weighted by molar-refractivity contribution is 0.283. The van der Waals surface area contributed by atoms with Crippen molar-refractivity contribution in [1.82, 2.24) is 0 Å². The number of hydrogen-bond acceptors (Lipinski definition) is 5. The van der Waals surface area contributed by atoms with Crippen LogP contribution in [-0.4, -0.2) is 25.9 Å². The van der Waals surface area contributed by atoms with Crippen LogP contribution in [0.4, 0.5) is 11.4 Å². The number of sulfone groups is 1. The fourth-order valence-corrected chi connectivity index (χ4v) is 3.58. The van der Waals surface area contributed by atoms with Crippen LogP contribution < -0.4 is 0 Å². The topological polar surface area (TPSA) is 79.1 Å². The summed E-state index contributed by atoms with van der Waals surface area (Å²) in [6.45, 7) is 0.158. The average Bonchev–Trinajstić information content (AvgIpc) is 2.61. The van der Waals surface area contributed by atoms with Gasteiger partial charge in [0, 0.05) is 6.61 Å². The number of aliphatic hydroxyl groups is 1. The molecule has 2 aromatic rings. The fraction of sp³-hybridized carbons (Fsp3) is 0.333. The Morgan fingerprint density at radius 3 is 1.96 bits per heavy atom. The smallest absolute Gasteiger partial charge is 0.178 e. The molecule has 0 atom stereocenters. The third-order valence-electron chi connectivity index (χ3n) is 3.55. The van der Waals surface area contributed by atoms with Gasteiger partial charge in [-0.15, -0.1) is 0 Å². The van der Waals surface area contributed by atoms with Crippen LogP contribution >= 0.6 is 0 Å². The van der Waals surface area contributed by atoms with Gasteiger partial charge in [-0.05, 0) is 49.2 Å². The summed E-state index contributed by atoms with van der Waals surface area (Å²) in [5.41, 5.74) is 1.36.